The number of rotatable bonds is 6. The lowest BCUT2D eigenvalue weighted by Crippen LogP contribution is -2.51. The molecular weight excluding hydrogens is 264 g/mol. The van der Waals surface area contributed by atoms with Crippen molar-refractivity contribution in [2.24, 2.45) is 11.3 Å². The van der Waals surface area contributed by atoms with Crippen LogP contribution in [0.3, 0.4) is 0 Å². The Hall–Kier alpha value is -0.910. The lowest BCUT2D eigenvalue weighted by Gasteiger charge is -2.46. The van der Waals surface area contributed by atoms with Gasteiger partial charge in [-0.25, -0.2) is 10.4 Å². The molecule has 1 aromatic rings. The van der Waals surface area contributed by atoms with Crippen LogP contribution in [0.1, 0.15) is 64.7 Å². The average Bonchev–Trinajstić information content (AvgIpc) is 2.90. The first-order chi connectivity index (χ1) is 9.98. The molecule has 0 saturated heterocycles. The van der Waals surface area contributed by atoms with E-state index in [-0.39, 0.29) is 11.6 Å². The maximum atomic E-state index is 5.99. The van der Waals surface area contributed by atoms with Crippen LogP contribution >= 0.6 is 0 Å². The molecule has 3 N–H and O–H groups in total. The Labute approximate surface area is 128 Å². The molecule has 1 aliphatic rings. The topological polar surface area (TPSA) is 65.1 Å². The van der Waals surface area contributed by atoms with Gasteiger partial charge in [0, 0.05) is 26.0 Å². The van der Waals surface area contributed by atoms with Crippen LogP contribution < -0.4 is 11.3 Å². The molecule has 1 aromatic heterocycles. The van der Waals surface area contributed by atoms with Gasteiger partial charge in [0.05, 0.1) is 5.60 Å². The molecule has 0 aromatic carbocycles. The Kier molecular flexibility index (Phi) is 5.07. The first kappa shape index (κ1) is 16.5. The minimum Gasteiger partial charge on any atom is -0.376 e. The SMILES string of the molecule is CCCn1ccnc1C(NN)C1(OC)CCC(C)(C)CC1. The van der Waals surface area contributed by atoms with Crippen LogP contribution in [0.4, 0.5) is 0 Å². The summed E-state index contributed by atoms with van der Waals surface area (Å²) >= 11 is 0. The summed E-state index contributed by atoms with van der Waals surface area (Å²) in [5, 5.41) is 0. The summed E-state index contributed by atoms with van der Waals surface area (Å²) in [6.07, 6.45) is 9.26. The first-order valence-corrected chi connectivity index (χ1v) is 8.00. The van der Waals surface area contributed by atoms with E-state index in [1.54, 1.807) is 7.11 Å². The number of methoxy groups -OCH3 is 1. The Morgan fingerprint density at radius 3 is 2.57 bits per heavy atom. The third-order valence-electron chi connectivity index (χ3n) is 5.02. The highest BCUT2D eigenvalue weighted by molar-refractivity contribution is 5.10. The summed E-state index contributed by atoms with van der Waals surface area (Å²) in [6.45, 7) is 7.79. The van der Waals surface area contributed by atoms with Crippen LogP contribution in [0.5, 0.6) is 0 Å². The molecular formula is C16H30N4O. The number of nitrogens with zero attached hydrogens (tertiary/aromatic N) is 2. The molecule has 5 heteroatoms. The van der Waals surface area contributed by atoms with Gasteiger partial charge in [-0.05, 0) is 37.5 Å². The van der Waals surface area contributed by atoms with Crippen molar-refractivity contribution in [3.8, 4) is 0 Å². The number of nitrogens with one attached hydrogen (secondary N) is 1. The van der Waals surface area contributed by atoms with E-state index in [4.69, 9.17) is 10.6 Å². The van der Waals surface area contributed by atoms with Crippen LogP contribution in [0.15, 0.2) is 12.4 Å². The van der Waals surface area contributed by atoms with Crippen molar-refractivity contribution in [3.63, 3.8) is 0 Å². The van der Waals surface area contributed by atoms with Gasteiger partial charge in [-0.3, -0.25) is 5.84 Å². The third-order valence-corrected chi connectivity index (χ3v) is 5.02. The Morgan fingerprint density at radius 1 is 1.38 bits per heavy atom. The molecule has 21 heavy (non-hydrogen) atoms. The fraction of sp³-hybridized carbons (Fsp3) is 0.812. The van der Waals surface area contributed by atoms with Gasteiger partial charge in [-0.1, -0.05) is 20.8 Å². The second-order valence-electron chi connectivity index (χ2n) is 7.01. The molecule has 2 rings (SSSR count). The number of hydrogen-bond donors (Lipinski definition) is 2. The normalized spacial score (nSPS) is 22.1. The molecule has 1 saturated carbocycles. The van der Waals surface area contributed by atoms with E-state index in [1.807, 2.05) is 12.4 Å². The number of aryl methyl sites for hydroxylation is 1. The maximum Gasteiger partial charge on any atom is 0.130 e. The van der Waals surface area contributed by atoms with Crippen LogP contribution in [-0.2, 0) is 11.3 Å². The van der Waals surface area contributed by atoms with Crippen molar-refractivity contribution in [2.45, 2.75) is 71.1 Å². The van der Waals surface area contributed by atoms with Crippen molar-refractivity contribution < 1.29 is 4.74 Å². The first-order valence-electron chi connectivity index (χ1n) is 8.00. The molecule has 0 bridgehead atoms. The Balaban J connectivity index is 2.27. The lowest BCUT2D eigenvalue weighted by molar-refractivity contribution is -0.0901. The van der Waals surface area contributed by atoms with E-state index in [0.29, 0.717) is 5.41 Å². The number of nitrogens with two attached hydrogens (primary N) is 1. The van der Waals surface area contributed by atoms with Gasteiger partial charge in [0.2, 0.25) is 0 Å². The number of imidazole rings is 1. The zero-order valence-electron chi connectivity index (χ0n) is 13.9. The Morgan fingerprint density at radius 2 is 2.05 bits per heavy atom. The van der Waals surface area contributed by atoms with Crippen molar-refractivity contribution in [2.75, 3.05) is 7.11 Å². The van der Waals surface area contributed by atoms with Crippen molar-refractivity contribution in [3.05, 3.63) is 18.2 Å². The van der Waals surface area contributed by atoms with Gasteiger partial charge >= 0.3 is 0 Å². The molecule has 1 atom stereocenters. The highest BCUT2D eigenvalue weighted by atomic mass is 16.5. The van der Waals surface area contributed by atoms with Crippen molar-refractivity contribution in [1.29, 1.82) is 0 Å². The van der Waals surface area contributed by atoms with Crippen LogP contribution in [0, 0.1) is 5.41 Å². The molecule has 120 valence electrons. The molecule has 1 heterocycles. The van der Waals surface area contributed by atoms with E-state index in [2.05, 4.69) is 35.7 Å². The van der Waals surface area contributed by atoms with Crippen molar-refractivity contribution >= 4 is 0 Å². The van der Waals surface area contributed by atoms with Gasteiger partial charge in [0.25, 0.3) is 0 Å². The number of hydrazine groups is 1. The molecule has 5 nitrogen and oxygen atoms in total. The fourth-order valence-electron chi connectivity index (χ4n) is 3.43. The molecule has 1 unspecified atom stereocenters. The molecule has 1 fully saturated rings. The monoisotopic (exact) mass is 294 g/mol. The van der Waals surface area contributed by atoms with Gasteiger partial charge in [0.1, 0.15) is 11.9 Å². The number of aromatic nitrogens is 2. The molecule has 0 spiro atoms. The van der Waals surface area contributed by atoms with Crippen LogP contribution in [0.2, 0.25) is 0 Å². The predicted octanol–water partition coefficient (Wildman–Crippen LogP) is 2.78. The second kappa shape index (κ2) is 6.46. The zero-order chi connectivity index (χ0) is 15.5. The van der Waals surface area contributed by atoms with Gasteiger partial charge in [-0.2, -0.15) is 0 Å². The predicted molar refractivity (Wildman–Crippen MR) is 84.6 cm³/mol. The standard InChI is InChI=1S/C16H30N4O/c1-5-11-20-12-10-18-14(20)13(19-17)16(21-4)8-6-15(2,3)7-9-16/h10,12-13,19H,5-9,11,17H2,1-4H3. The van der Waals surface area contributed by atoms with Crippen molar-refractivity contribution in [1.82, 2.24) is 15.0 Å². The summed E-state index contributed by atoms with van der Waals surface area (Å²) in [5.41, 5.74) is 3.11. The van der Waals surface area contributed by atoms with Gasteiger partial charge in [-0.15, -0.1) is 0 Å². The van der Waals surface area contributed by atoms with E-state index in [0.717, 1.165) is 44.5 Å². The van der Waals surface area contributed by atoms with E-state index < -0.39 is 0 Å². The zero-order valence-corrected chi connectivity index (χ0v) is 13.9. The van der Waals surface area contributed by atoms with E-state index in [1.165, 1.54) is 0 Å². The highest BCUT2D eigenvalue weighted by Crippen LogP contribution is 2.46. The Bertz CT molecular complexity index is 445. The third kappa shape index (κ3) is 3.30. The lowest BCUT2D eigenvalue weighted by atomic mass is 9.68. The smallest absolute Gasteiger partial charge is 0.130 e. The van der Waals surface area contributed by atoms with E-state index in [9.17, 15) is 0 Å². The quantitative estimate of drug-likeness (QED) is 0.625. The summed E-state index contributed by atoms with van der Waals surface area (Å²) in [4.78, 5) is 4.55. The second-order valence-corrected chi connectivity index (χ2v) is 7.01. The number of ether oxygens (including phenoxy) is 1. The molecule has 1 aliphatic carbocycles. The minimum absolute atomic E-state index is 0.0693. The highest BCUT2D eigenvalue weighted by Gasteiger charge is 2.46. The van der Waals surface area contributed by atoms with Crippen LogP contribution in [-0.4, -0.2) is 22.3 Å². The fourth-order valence-corrected chi connectivity index (χ4v) is 3.43. The summed E-state index contributed by atoms with van der Waals surface area (Å²) in [5.74, 6) is 6.89. The molecule has 0 aliphatic heterocycles. The largest absolute Gasteiger partial charge is 0.376 e. The number of hydrogen-bond acceptors (Lipinski definition) is 4. The van der Waals surface area contributed by atoms with E-state index >= 15 is 0 Å². The summed E-state index contributed by atoms with van der Waals surface area (Å²) in [7, 11) is 1.80. The molecule has 0 amide bonds. The maximum absolute atomic E-state index is 5.99. The van der Waals surface area contributed by atoms with Gasteiger partial charge < -0.3 is 9.30 Å². The van der Waals surface area contributed by atoms with Gasteiger partial charge in [0.15, 0.2) is 0 Å². The summed E-state index contributed by atoms with van der Waals surface area (Å²) in [6, 6.07) is -0.0693. The summed E-state index contributed by atoms with van der Waals surface area (Å²) < 4.78 is 8.17. The van der Waals surface area contributed by atoms with Crippen LogP contribution in [0.25, 0.3) is 0 Å². The minimum atomic E-state index is -0.263. The average molecular weight is 294 g/mol. The molecule has 0 radical (unpaired) electrons.